The van der Waals surface area contributed by atoms with Gasteiger partial charge < -0.3 is 5.73 Å². The number of halogens is 2. The molecule has 1 unspecified atom stereocenters. The standard InChI is InChI=1S/C10H13FIN/c1-7(13)2-3-8-4-5-10(12)9(11)6-8/h4-7H,2-3,13H2,1H3. The van der Waals surface area contributed by atoms with Crippen LogP contribution in [0, 0.1) is 9.39 Å². The Hall–Kier alpha value is -0.160. The Morgan fingerprint density at radius 2 is 2.23 bits per heavy atom. The summed E-state index contributed by atoms with van der Waals surface area (Å²) in [5, 5.41) is 0. The highest BCUT2D eigenvalue weighted by Gasteiger charge is 2.01. The quantitative estimate of drug-likeness (QED) is 0.852. The van der Waals surface area contributed by atoms with Crippen molar-refractivity contribution in [3.05, 3.63) is 33.1 Å². The zero-order chi connectivity index (χ0) is 9.84. The second-order valence-corrected chi connectivity index (χ2v) is 4.43. The van der Waals surface area contributed by atoms with Gasteiger partial charge in [0.25, 0.3) is 0 Å². The van der Waals surface area contributed by atoms with Crippen LogP contribution in [0.25, 0.3) is 0 Å². The summed E-state index contributed by atoms with van der Waals surface area (Å²) in [5.41, 5.74) is 6.64. The molecule has 1 rings (SSSR count). The van der Waals surface area contributed by atoms with Gasteiger partial charge in [0.1, 0.15) is 5.82 Å². The Morgan fingerprint density at radius 3 is 2.77 bits per heavy atom. The Balaban J connectivity index is 2.63. The lowest BCUT2D eigenvalue weighted by atomic mass is 10.1. The minimum Gasteiger partial charge on any atom is -0.328 e. The highest BCUT2D eigenvalue weighted by molar-refractivity contribution is 14.1. The van der Waals surface area contributed by atoms with E-state index in [1.165, 1.54) is 0 Å². The fourth-order valence-electron chi connectivity index (χ4n) is 1.09. The van der Waals surface area contributed by atoms with Crippen LogP contribution in [-0.4, -0.2) is 6.04 Å². The van der Waals surface area contributed by atoms with Gasteiger partial charge in [-0.1, -0.05) is 6.07 Å². The molecule has 0 aliphatic rings. The average Bonchev–Trinajstić information content (AvgIpc) is 2.07. The first kappa shape index (κ1) is 10.9. The molecular weight excluding hydrogens is 280 g/mol. The summed E-state index contributed by atoms with van der Waals surface area (Å²) in [4.78, 5) is 0. The third-order valence-electron chi connectivity index (χ3n) is 1.87. The van der Waals surface area contributed by atoms with Gasteiger partial charge in [-0.3, -0.25) is 0 Å². The molecule has 1 nitrogen and oxygen atoms in total. The van der Waals surface area contributed by atoms with Gasteiger partial charge in [0.05, 0.1) is 0 Å². The predicted octanol–water partition coefficient (Wildman–Crippen LogP) is 2.71. The minimum absolute atomic E-state index is 0.136. The molecule has 0 heterocycles. The normalized spacial score (nSPS) is 12.9. The highest BCUT2D eigenvalue weighted by atomic mass is 127. The van der Waals surface area contributed by atoms with Crippen LogP contribution >= 0.6 is 22.6 Å². The maximum Gasteiger partial charge on any atom is 0.136 e. The van der Waals surface area contributed by atoms with Gasteiger partial charge in [-0.15, -0.1) is 0 Å². The molecular formula is C10H13FIN. The van der Waals surface area contributed by atoms with Crippen LogP contribution in [0.1, 0.15) is 18.9 Å². The van der Waals surface area contributed by atoms with E-state index in [4.69, 9.17) is 5.73 Å². The SMILES string of the molecule is CC(N)CCc1ccc(I)c(F)c1. The fourth-order valence-corrected chi connectivity index (χ4v) is 1.42. The number of nitrogens with two attached hydrogens (primary N) is 1. The lowest BCUT2D eigenvalue weighted by molar-refractivity contribution is 0.613. The van der Waals surface area contributed by atoms with Crippen molar-refractivity contribution in [2.45, 2.75) is 25.8 Å². The second kappa shape index (κ2) is 4.91. The van der Waals surface area contributed by atoms with Crippen LogP contribution in [0.15, 0.2) is 18.2 Å². The van der Waals surface area contributed by atoms with Crippen LogP contribution in [-0.2, 0) is 6.42 Å². The van der Waals surface area contributed by atoms with E-state index in [1.54, 1.807) is 12.1 Å². The number of hydrogen-bond donors (Lipinski definition) is 1. The summed E-state index contributed by atoms with van der Waals surface area (Å²) in [7, 11) is 0. The van der Waals surface area contributed by atoms with Crippen LogP contribution < -0.4 is 5.73 Å². The molecule has 1 aromatic rings. The Labute approximate surface area is 91.7 Å². The molecule has 72 valence electrons. The lowest BCUT2D eigenvalue weighted by Crippen LogP contribution is -2.15. The van der Waals surface area contributed by atoms with Crippen molar-refractivity contribution in [3.8, 4) is 0 Å². The zero-order valence-electron chi connectivity index (χ0n) is 7.56. The van der Waals surface area contributed by atoms with Crippen molar-refractivity contribution in [1.29, 1.82) is 0 Å². The Bertz CT molecular complexity index is 286. The smallest absolute Gasteiger partial charge is 0.136 e. The summed E-state index contributed by atoms with van der Waals surface area (Å²) >= 11 is 1.98. The van der Waals surface area contributed by atoms with E-state index in [9.17, 15) is 4.39 Å². The first-order valence-corrected chi connectivity index (χ1v) is 5.37. The van der Waals surface area contributed by atoms with Gasteiger partial charge >= 0.3 is 0 Å². The molecule has 0 bridgehead atoms. The number of rotatable bonds is 3. The van der Waals surface area contributed by atoms with Crippen LogP contribution in [0.4, 0.5) is 4.39 Å². The van der Waals surface area contributed by atoms with Gasteiger partial charge in [-0.05, 0) is 60.1 Å². The summed E-state index contributed by atoms with van der Waals surface area (Å²) in [5.74, 6) is -0.136. The van der Waals surface area contributed by atoms with Gasteiger partial charge in [0.15, 0.2) is 0 Å². The molecule has 3 heteroatoms. The summed E-state index contributed by atoms with van der Waals surface area (Å²) < 4.78 is 13.7. The maximum absolute atomic E-state index is 13.1. The van der Waals surface area contributed by atoms with Gasteiger partial charge in [-0.2, -0.15) is 0 Å². The molecule has 13 heavy (non-hydrogen) atoms. The topological polar surface area (TPSA) is 26.0 Å². The largest absolute Gasteiger partial charge is 0.328 e. The molecule has 0 aliphatic carbocycles. The van der Waals surface area contributed by atoms with E-state index in [0.29, 0.717) is 3.57 Å². The number of aryl methyl sites for hydroxylation is 1. The van der Waals surface area contributed by atoms with E-state index in [-0.39, 0.29) is 11.9 Å². The predicted molar refractivity (Wildman–Crippen MR) is 61.1 cm³/mol. The van der Waals surface area contributed by atoms with Crippen molar-refractivity contribution in [3.63, 3.8) is 0 Å². The molecule has 0 fully saturated rings. The van der Waals surface area contributed by atoms with E-state index < -0.39 is 0 Å². The summed E-state index contributed by atoms with van der Waals surface area (Å²) in [6.45, 7) is 1.96. The molecule has 0 saturated heterocycles. The van der Waals surface area contributed by atoms with Crippen molar-refractivity contribution >= 4 is 22.6 Å². The molecule has 1 aromatic carbocycles. The highest BCUT2D eigenvalue weighted by Crippen LogP contribution is 2.13. The van der Waals surface area contributed by atoms with Gasteiger partial charge in [-0.25, -0.2) is 4.39 Å². The van der Waals surface area contributed by atoms with Crippen LogP contribution in [0.5, 0.6) is 0 Å². The lowest BCUT2D eigenvalue weighted by Gasteiger charge is -2.05. The molecule has 0 amide bonds. The fraction of sp³-hybridized carbons (Fsp3) is 0.400. The number of hydrogen-bond acceptors (Lipinski definition) is 1. The molecule has 0 radical (unpaired) electrons. The first-order chi connectivity index (χ1) is 6.09. The third kappa shape index (κ3) is 3.60. The average molecular weight is 293 g/mol. The van der Waals surface area contributed by atoms with Crippen molar-refractivity contribution in [2.24, 2.45) is 5.73 Å². The van der Waals surface area contributed by atoms with Gasteiger partial charge in [0.2, 0.25) is 0 Å². The van der Waals surface area contributed by atoms with Crippen molar-refractivity contribution < 1.29 is 4.39 Å². The van der Waals surface area contributed by atoms with Gasteiger partial charge in [0, 0.05) is 9.61 Å². The van der Waals surface area contributed by atoms with Crippen molar-refractivity contribution in [1.82, 2.24) is 0 Å². The van der Waals surface area contributed by atoms with E-state index in [0.717, 1.165) is 18.4 Å². The molecule has 0 aromatic heterocycles. The van der Waals surface area contributed by atoms with Crippen LogP contribution in [0.3, 0.4) is 0 Å². The number of benzene rings is 1. The van der Waals surface area contributed by atoms with Crippen molar-refractivity contribution in [2.75, 3.05) is 0 Å². The Kier molecular flexibility index (Phi) is 4.12. The minimum atomic E-state index is -0.136. The molecule has 1 atom stereocenters. The maximum atomic E-state index is 13.1. The monoisotopic (exact) mass is 293 g/mol. The first-order valence-electron chi connectivity index (χ1n) is 4.29. The third-order valence-corrected chi connectivity index (χ3v) is 2.75. The second-order valence-electron chi connectivity index (χ2n) is 3.26. The molecule has 0 saturated carbocycles. The summed E-state index contributed by atoms with van der Waals surface area (Å²) in [6.07, 6.45) is 1.76. The summed E-state index contributed by atoms with van der Waals surface area (Å²) in [6, 6.07) is 5.52. The molecule has 0 spiro atoms. The molecule has 0 aliphatic heterocycles. The molecule has 2 N–H and O–H groups in total. The van der Waals surface area contributed by atoms with E-state index in [1.807, 2.05) is 35.6 Å². The van der Waals surface area contributed by atoms with E-state index in [2.05, 4.69) is 0 Å². The van der Waals surface area contributed by atoms with E-state index >= 15 is 0 Å². The zero-order valence-corrected chi connectivity index (χ0v) is 9.71. The van der Waals surface area contributed by atoms with Crippen LogP contribution in [0.2, 0.25) is 0 Å². The Morgan fingerprint density at radius 1 is 1.54 bits per heavy atom.